The SMILES string of the molecule is CC(c1ccc(O)c(Cl)c1O)[N+](=O)[O-]. The molecular weight excluding hydrogens is 210 g/mol. The maximum absolute atomic E-state index is 10.4. The van der Waals surface area contributed by atoms with Gasteiger partial charge in [0.25, 0.3) is 0 Å². The third kappa shape index (κ3) is 1.72. The van der Waals surface area contributed by atoms with E-state index in [0.29, 0.717) is 0 Å². The molecular formula is C8H8ClNO4. The van der Waals surface area contributed by atoms with Gasteiger partial charge in [-0.05, 0) is 12.1 Å². The summed E-state index contributed by atoms with van der Waals surface area (Å²) >= 11 is 5.51. The van der Waals surface area contributed by atoms with E-state index in [0.717, 1.165) is 0 Å². The summed E-state index contributed by atoms with van der Waals surface area (Å²) in [4.78, 5) is 9.88. The van der Waals surface area contributed by atoms with Gasteiger partial charge in [0.05, 0.1) is 5.56 Å². The minimum Gasteiger partial charge on any atom is -0.506 e. The fraction of sp³-hybridized carbons (Fsp3) is 0.250. The van der Waals surface area contributed by atoms with Crippen LogP contribution in [0.5, 0.6) is 11.5 Å². The monoisotopic (exact) mass is 217 g/mol. The summed E-state index contributed by atoms with van der Waals surface area (Å²) in [6.45, 7) is 1.32. The van der Waals surface area contributed by atoms with Crippen molar-refractivity contribution in [3.05, 3.63) is 32.8 Å². The summed E-state index contributed by atoms with van der Waals surface area (Å²) in [5.41, 5.74) is 0.0813. The Morgan fingerprint density at radius 1 is 1.50 bits per heavy atom. The molecule has 5 nitrogen and oxygen atoms in total. The molecule has 1 aromatic rings. The Hall–Kier alpha value is -1.49. The van der Waals surface area contributed by atoms with Gasteiger partial charge >= 0.3 is 0 Å². The summed E-state index contributed by atoms with van der Waals surface area (Å²) in [6.07, 6.45) is 0. The lowest BCUT2D eigenvalue weighted by molar-refractivity contribution is -0.524. The number of hydrogen-bond donors (Lipinski definition) is 2. The van der Waals surface area contributed by atoms with Crippen LogP contribution in [0.15, 0.2) is 12.1 Å². The minimum absolute atomic E-state index is 0.0813. The molecule has 0 heterocycles. The van der Waals surface area contributed by atoms with Crippen molar-refractivity contribution >= 4 is 11.6 Å². The van der Waals surface area contributed by atoms with Crippen LogP contribution in [0.1, 0.15) is 18.5 Å². The molecule has 0 saturated heterocycles. The molecule has 1 atom stereocenters. The van der Waals surface area contributed by atoms with Crippen molar-refractivity contribution in [3.8, 4) is 11.5 Å². The van der Waals surface area contributed by atoms with Crippen molar-refractivity contribution in [2.75, 3.05) is 0 Å². The maximum atomic E-state index is 10.4. The topological polar surface area (TPSA) is 83.6 Å². The Labute approximate surface area is 84.7 Å². The normalized spacial score (nSPS) is 12.4. The number of nitrogens with zero attached hydrogens (tertiary/aromatic N) is 1. The molecule has 0 saturated carbocycles. The zero-order valence-corrected chi connectivity index (χ0v) is 8.02. The second-order valence-electron chi connectivity index (χ2n) is 2.80. The minimum atomic E-state index is -1.06. The number of halogens is 1. The summed E-state index contributed by atoms with van der Waals surface area (Å²) in [5, 5.41) is 28.7. The standard InChI is InChI=1S/C8H8ClNO4/c1-4(10(13)14)5-2-3-6(11)7(9)8(5)12/h2-4,11-12H,1H3. The van der Waals surface area contributed by atoms with E-state index in [1.54, 1.807) is 0 Å². The molecule has 0 bridgehead atoms. The van der Waals surface area contributed by atoms with Gasteiger partial charge in [0, 0.05) is 11.8 Å². The van der Waals surface area contributed by atoms with E-state index in [-0.39, 0.29) is 16.3 Å². The van der Waals surface area contributed by atoms with Crippen molar-refractivity contribution in [2.45, 2.75) is 13.0 Å². The number of benzene rings is 1. The van der Waals surface area contributed by atoms with Gasteiger partial charge in [-0.15, -0.1) is 0 Å². The van der Waals surface area contributed by atoms with Crippen molar-refractivity contribution < 1.29 is 15.1 Å². The first kappa shape index (κ1) is 10.6. The highest BCUT2D eigenvalue weighted by molar-refractivity contribution is 6.33. The molecule has 1 aromatic carbocycles. The summed E-state index contributed by atoms with van der Waals surface area (Å²) in [6, 6.07) is 1.41. The number of phenols is 2. The average Bonchev–Trinajstić information content (AvgIpc) is 2.13. The zero-order chi connectivity index (χ0) is 10.9. The van der Waals surface area contributed by atoms with Gasteiger partial charge in [-0.3, -0.25) is 10.1 Å². The molecule has 0 fully saturated rings. The second-order valence-corrected chi connectivity index (χ2v) is 3.18. The largest absolute Gasteiger partial charge is 0.506 e. The quantitative estimate of drug-likeness (QED) is 0.587. The lowest BCUT2D eigenvalue weighted by Gasteiger charge is -2.08. The lowest BCUT2D eigenvalue weighted by Crippen LogP contribution is -2.06. The fourth-order valence-corrected chi connectivity index (χ4v) is 1.19. The predicted octanol–water partition coefficient (Wildman–Crippen LogP) is 2.09. The molecule has 14 heavy (non-hydrogen) atoms. The smallest absolute Gasteiger partial charge is 0.238 e. The lowest BCUT2D eigenvalue weighted by atomic mass is 10.1. The number of phenolic OH excluding ortho intramolecular Hbond substituents is 2. The van der Waals surface area contributed by atoms with Crippen LogP contribution in [0.2, 0.25) is 5.02 Å². The first-order valence-corrected chi connectivity index (χ1v) is 4.16. The van der Waals surface area contributed by atoms with Crippen LogP contribution in [0.3, 0.4) is 0 Å². The number of rotatable bonds is 2. The molecule has 0 radical (unpaired) electrons. The van der Waals surface area contributed by atoms with Crippen LogP contribution in [0, 0.1) is 10.1 Å². The van der Waals surface area contributed by atoms with Crippen LogP contribution in [0.4, 0.5) is 0 Å². The number of nitro groups is 1. The second kappa shape index (κ2) is 3.71. The van der Waals surface area contributed by atoms with E-state index in [9.17, 15) is 15.2 Å². The van der Waals surface area contributed by atoms with E-state index >= 15 is 0 Å². The van der Waals surface area contributed by atoms with Gasteiger partial charge in [-0.25, -0.2) is 0 Å². The van der Waals surface area contributed by atoms with E-state index in [1.807, 2.05) is 0 Å². The first-order valence-electron chi connectivity index (χ1n) is 3.79. The van der Waals surface area contributed by atoms with Gasteiger partial charge in [-0.2, -0.15) is 0 Å². The summed E-state index contributed by atoms with van der Waals surface area (Å²) in [5.74, 6) is -0.751. The Kier molecular flexibility index (Phi) is 2.81. The van der Waals surface area contributed by atoms with E-state index < -0.39 is 16.7 Å². The molecule has 0 aromatic heterocycles. The average molecular weight is 218 g/mol. The van der Waals surface area contributed by atoms with Crippen LogP contribution in [-0.2, 0) is 0 Å². The number of aromatic hydroxyl groups is 2. The van der Waals surface area contributed by atoms with Crippen LogP contribution >= 0.6 is 11.6 Å². The Morgan fingerprint density at radius 3 is 2.57 bits per heavy atom. The van der Waals surface area contributed by atoms with Crippen molar-refractivity contribution in [1.82, 2.24) is 0 Å². The van der Waals surface area contributed by atoms with Gasteiger partial charge in [0.15, 0.2) is 0 Å². The summed E-state index contributed by atoms with van der Waals surface area (Å²) < 4.78 is 0. The fourth-order valence-electron chi connectivity index (χ4n) is 1.02. The Morgan fingerprint density at radius 2 is 2.07 bits per heavy atom. The molecule has 6 heteroatoms. The maximum Gasteiger partial charge on any atom is 0.238 e. The van der Waals surface area contributed by atoms with Gasteiger partial charge in [0.2, 0.25) is 6.04 Å². The molecule has 0 aliphatic heterocycles. The number of hydrogen-bond acceptors (Lipinski definition) is 4. The highest BCUT2D eigenvalue weighted by Gasteiger charge is 2.22. The Bertz CT molecular complexity index is 380. The van der Waals surface area contributed by atoms with Crippen LogP contribution in [0.25, 0.3) is 0 Å². The van der Waals surface area contributed by atoms with Gasteiger partial charge in [0.1, 0.15) is 16.5 Å². The highest BCUT2D eigenvalue weighted by atomic mass is 35.5. The predicted molar refractivity (Wildman–Crippen MR) is 50.2 cm³/mol. The summed E-state index contributed by atoms with van der Waals surface area (Å²) in [7, 11) is 0. The van der Waals surface area contributed by atoms with Crippen LogP contribution in [-0.4, -0.2) is 15.1 Å². The van der Waals surface area contributed by atoms with Crippen LogP contribution < -0.4 is 0 Å². The van der Waals surface area contributed by atoms with E-state index in [4.69, 9.17) is 16.7 Å². The molecule has 0 aliphatic rings. The van der Waals surface area contributed by atoms with Gasteiger partial charge in [-0.1, -0.05) is 11.6 Å². The third-order valence-corrected chi connectivity index (χ3v) is 2.27. The molecule has 0 spiro atoms. The van der Waals surface area contributed by atoms with Gasteiger partial charge < -0.3 is 10.2 Å². The molecule has 0 amide bonds. The van der Waals surface area contributed by atoms with Crippen molar-refractivity contribution in [1.29, 1.82) is 0 Å². The molecule has 1 unspecified atom stereocenters. The molecule has 1 rings (SSSR count). The molecule has 76 valence electrons. The Balaban J connectivity index is 3.24. The van der Waals surface area contributed by atoms with Crippen molar-refractivity contribution in [2.24, 2.45) is 0 Å². The zero-order valence-electron chi connectivity index (χ0n) is 7.27. The molecule has 2 N–H and O–H groups in total. The highest BCUT2D eigenvalue weighted by Crippen LogP contribution is 2.38. The van der Waals surface area contributed by atoms with E-state index in [1.165, 1.54) is 19.1 Å². The molecule has 0 aliphatic carbocycles. The van der Waals surface area contributed by atoms with Crippen molar-refractivity contribution in [3.63, 3.8) is 0 Å². The third-order valence-electron chi connectivity index (χ3n) is 1.89. The first-order chi connectivity index (χ1) is 6.45. The van der Waals surface area contributed by atoms with E-state index in [2.05, 4.69) is 0 Å².